The second-order valence-electron chi connectivity index (χ2n) is 24.4. The third-order valence-electron chi connectivity index (χ3n) is 18.3. The summed E-state index contributed by atoms with van der Waals surface area (Å²) >= 11 is 0. The highest BCUT2D eigenvalue weighted by Crippen LogP contribution is 2.42. The van der Waals surface area contributed by atoms with E-state index in [2.05, 4.69) is 238 Å². The molecule has 468 valence electrons. The average molecular weight is 1280 g/mol. The molecule has 0 saturated heterocycles. The van der Waals surface area contributed by atoms with E-state index in [1.165, 1.54) is 21.9 Å². The van der Waals surface area contributed by atoms with E-state index in [4.69, 9.17) is 24.9 Å². The summed E-state index contributed by atoms with van der Waals surface area (Å²) in [7, 11) is 0. The third-order valence-corrected chi connectivity index (χ3v) is 18.3. The zero-order valence-corrected chi connectivity index (χ0v) is 54.1. The molecule has 100 heavy (non-hydrogen) atoms. The summed E-state index contributed by atoms with van der Waals surface area (Å²) in [6.07, 6.45) is 10.9. The van der Waals surface area contributed by atoms with Gasteiger partial charge in [0.1, 0.15) is 0 Å². The van der Waals surface area contributed by atoms with Gasteiger partial charge >= 0.3 is 0 Å². The van der Waals surface area contributed by atoms with Gasteiger partial charge in [0.25, 0.3) is 0 Å². The summed E-state index contributed by atoms with van der Waals surface area (Å²) < 4.78 is 0. The summed E-state index contributed by atoms with van der Waals surface area (Å²) in [4.78, 5) is 42.6. The molecule has 0 spiro atoms. The van der Waals surface area contributed by atoms with Crippen molar-refractivity contribution in [1.82, 2.24) is 44.9 Å². The Morgan fingerprint density at radius 2 is 0.540 bits per heavy atom. The van der Waals surface area contributed by atoms with Crippen molar-refractivity contribution >= 4 is 43.4 Å². The Balaban J connectivity index is 0.000000150. The molecule has 18 aromatic rings. The first kappa shape index (κ1) is 60.1. The molecule has 0 aliphatic heterocycles. The summed E-state index contributed by atoms with van der Waals surface area (Å²) in [6.45, 7) is 0. The molecule has 18 rings (SSSR count). The first-order valence-corrected chi connectivity index (χ1v) is 33.3. The molecular formula is C91H59N9. The standard InChI is InChI=1S/C46H30N4.C45H29N5/c1-3-10-34(11-4-1)42-30-43(50-46(49-42)37-12-5-2-6-13-37)35-24-20-32(21-25-35)31-18-22-33(23-19-31)38-15-9-16-40-44(38)39-14-7-8-17-41(39)48-45(40)36-26-28-47-29-27-36;1-2-11-39-37(8-1)44-36(9-7-10-38(44)45(50-39)34-22-26-46-27-23-34)33-20-18-31(19-21-33)30-14-16-32(17-15-30)35-28-42(40-12-3-5-24-47-40)49-43(29-35)41-13-4-6-25-48-41/h1-30H;1-29H. The first-order chi connectivity index (χ1) is 49.6. The molecule has 0 aliphatic rings. The summed E-state index contributed by atoms with van der Waals surface area (Å²) in [5, 5.41) is 6.95. The van der Waals surface area contributed by atoms with Crippen molar-refractivity contribution in [2.75, 3.05) is 0 Å². The predicted octanol–water partition coefficient (Wildman–Crippen LogP) is 22.5. The highest BCUT2D eigenvalue weighted by atomic mass is 14.9. The fourth-order valence-corrected chi connectivity index (χ4v) is 13.4. The number of hydrogen-bond donors (Lipinski definition) is 0. The molecule has 9 nitrogen and oxygen atoms in total. The van der Waals surface area contributed by atoms with Gasteiger partial charge in [-0.25, -0.2) is 24.9 Å². The molecule has 0 fully saturated rings. The van der Waals surface area contributed by atoms with Crippen LogP contribution in [0.3, 0.4) is 0 Å². The lowest BCUT2D eigenvalue weighted by molar-refractivity contribution is 1.18. The van der Waals surface area contributed by atoms with Gasteiger partial charge in [0.15, 0.2) is 5.82 Å². The van der Waals surface area contributed by atoms with Gasteiger partial charge in [-0.3, -0.25) is 19.9 Å². The second kappa shape index (κ2) is 26.9. The average Bonchev–Trinajstić information content (AvgIpc) is 0.751. The van der Waals surface area contributed by atoms with Crippen molar-refractivity contribution in [2.24, 2.45) is 0 Å². The monoisotopic (exact) mass is 1280 g/mol. The van der Waals surface area contributed by atoms with E-state index in [-0.39, 0.29) is 0 Å². The Morgan fingerprint density at radius 1 is 0.180 bits per heavy atom. The van der Waals surface area contributed by atoms with Crippen LogP contribution in [0.25, 0.3) is 178 Å². The minimum Gasteiger partial charge on any atom is -0.265 e. The molecule has 0 N–H and O–H groups in total. The summed E-state index contributed by atoms with van der Waals surface area (Å²) in [6, 6.07) is 112. The van der Waals surface area contributed by atoms with E-state index in [1.807, 2.05) is 128 Å². The highest BCUT2D eigenvalue weighted by Gasteiger charge is 2.19. The van der Waals surface area contributed by atoms with Gasteiger partial charge in [0.05, 0.1) is 56.6 Å². The molecule has 0 saturated carbocycles. The molecule has 0 amide bonds. The normalized spacial score (nSPS) is 11.2. The van der Waals surface area contributed by atoms with Gasteiger partial charge in [-0.15, -0.1) is 0 Å². The van der Waals surface area contributed by atoms with E-state index in [0.717, 1.165) is 150 Å². The number of para-hydroxylation sites is 2. The topological polar surface area (TPSA) is 116 Å². The SMILES string of the molecule is c1ccc(-c2cc(-c3ccc(-c4ccc(-c5cccc6c(-c7ccncc7)nc7ccccc7c56)cc4)cc3)cc(-c3ccccn3)n2)nc1.c1ccc(-c2cc(-c3ccc(-c4ccc(-c5cccc6c(-c7ccncc7)nc7ccccc7c56)cc4)cc3)nc(-c3ccccc3)n2)cc1. The smallest absolute Gasteiger partial charge is 0.160 e. The Kier molecular flexibility index (Phi) is 16.1. The lowest BCUT2D eigenvalue weighted by Crippen LogP contribution is -1.95. The maximum Gasteiger partial charge on any atom is 0.160 e. The Hall–Kier alpha value is -13.6. The number of aromatic nitrogens is 9. The van der Waals surface area contributed by atoms with Crippen LogP contribution in [0.2, 0.25) is 0 Å². The minimum atomic E-state index is 0.714. The van der Waals surface area contributed by atoms with Crippen LogP contribution in [0.15, 0.2) is 359 Å². The fourth-order valence-electron chi connectivity index (χ4n) is 13.4. The van der Waals surface area contributed by atoms with E-state index < -0.39 is 0 Å². The predicted molar refractivity (Wildman–Crippen MR) is 408 cm³/mol. The number of pyridine rings is 7. The van der Waals surface area contributed by atoms with Gasteiger partial charge < -0.3 is 0 Å². The maximum atomic E-state index is 5.10. The molecule has 8 aromatic heterocycles. The van der Waals surface area contributed by atoms with E-state index in [0.29, 0.717) is 5.82 Å². The molecule has 0 bridgehead atoms. The van der Waals surface area contributed by atoms with Crippen LogP contribution in [0.5, 0.6) is 0 Å². The molecular weight excluding hydrogens is 1220 g/mol. The summed E-state index contributed by atoms with van der Waals surface area (Å²) in [5.41, 5.74) is 25.6. The van der Waals surface area contributed by atoms with Crippen LogP contribution in [-0.2, 0) is 0 Å². The summed E-state index contributed by atoms with van der Waals surface area (Å²) in [5.74, 6) is 0.714. The number of benzene rings is 10. The Morgan fingerprint density at radius 3 is 0.970 bits per heavy atom. The maximum absolute atomic E-state index is 5.10. The zero-order valence-electron chi connectivity index (χ0n) is 54.1. The number of hydrogen-bond acceptors (Lipinski definition) is 9. The third kappa shape index (κ3) is 12.1. The van der Waals surface area contributed by atoms with Gasteiger partial charge in [-0.05, 0) is 134 Å². The van der Waals surface area contributed by atoms with Crippen molar-refractivity contribution in [3.05, 3.63) is 359 Å². The molecule has 0 atom stereocenters. The highest BCUT2D eigenvalue weighted by molar-refractivity contribution is 6.18. The van der Waals surface area contributed by atoms with Gasteiger partial charge in [0, 0.05) is 97.3 Å². The van der Waals surface area contributed by atoms with E-state index >= 15 is 0 Å². The van der Waals surface area contributed by atoms with Crippen LogP contribution in [0.4, 0.5) is 0 Å². The van der Waals surface area contributed by atoms with Crippen molar-refractivity contribution < 1.29 is 0 Å². The number of rotatable bonds is 12. The molecule has 0 radical (unpaired) electrons. The van der Waals surface area contributed by atoms with Gasteiger partial charge in [-0.1, -0.05) is 243 Å². The minimum absolute atomic E-state index is 0.714. The fraction of sp³-hybridized carbons (Fsp3) is 0. The van der Waals surface area contributed by atoms with Crippen molar-refractivity contribution in [2.45, 2.75) is 0 Å². The Bertz CT molecular complexity index is 5460. The van der Waals surface area contributed by atoms with Crippen LogP contribution in [0.1, 0.15) is 0 Å². The van der Waals surface area contributed by atoms with Gasteiger partial charge in [-0.2, -0.15) is 0 Å². The van der Waals surface area contributed by atoms with Crippen LogP contribution in [0, 0.1) is 0 Å². The molecule has 9 heteroatoms. The zero-order chi connectivity index (χ0) is 66.6. The van der Waals surface area contributed by atoms with Crippen molar-refractivity contribution in [3.8, 4) is 135 Å². The quantitative estimate of drug-likeness (QED) is 0.110. The van der Waals surface area contributed by atoms with Crippen LogP contribution >= 0.6 is 0 Å². The van der Waals surface area contributed by atoms with Crippen LogP contribution in [-0.4, -0.2) is 44.9 Å². The van der Waals surface area contributed by atoms with Gasteiger partial charge in [0.2, 0.25) is 0 Å². The second-order valence-corrected chi connectivity index (χ2v) is 24.4. The molecule has 10 aromatic carbocycles. The largest absolute Gasteiger partial charge is 0.265 e. The van der Waals surface area contributed by atoms with E-state index in [9.17, 15) is 0 Å². The molecule has 0 aliphatic carbocycles. The van der Waals surface area contributed by atoms with Crippen molar-refractivity contribution in [3.63, 3.8) is 0 Å². The Labute approximate surface area is 578 Å². The van der Waals surface area contributed by atoms with E-state index in [1.54, 1.807) is 12.4 Å². The first-order valence-electron chi connectivity index (χ1n) is 33.3. The molecule has 0 unspecified atom stereocenters. The van der Waals surface area contributed by atoms with Crippen molar-refractivity contribution in [1.29, 1.82) is 0 Å². The lowest BCUT2D eigenvalue weighted by Gasteiger charge is -2.14. The number of nitrogens with zero attached hydrogens (tertiary/aromatic N) is 9. The lowest BCUT2D eigenvalue weighted by atomic mass is 9.92. The van der Waals surface area contributed by atoms with Crippen LogP contribution < -0.4 is 0 Å². The molecule has 8 heterocycles. The number of fused-ring (bicyclic) bond motifs is 6.